The van der Waals surface area contributed by atoms with Gasteiger partial charge in [0.15, 0.2) is 0 Å². The molecule has 0 bridgehead atoms. The Labute approximate surface area is 173 Å². The van der Waals surface area contributed by atoms with Gasteiger partial charge in [-0.05, 0) is 51.7 Å². The highest BCUT2D eigenvalue weighted by molar-refractivity contribution is 7.12. The second kappa shape index (κ2) is 7.62. The van der Waals surface area contributed by atoms with Crippen molar-refractivity contribution in [2.45, 2.75) is 64.6 Å². The van der Waals surface area contributed by atoms with Gasteiger partial charge in [-0.15, -0.1) is 11.3 Å². The average Bonchev–Trinajstić information content (AvgIpc) is 3.03. The standard InChI is InChI=1S/C22H34N2O3S/c1-5-17-12-18-19(28-17)6-11-26-22(18)7-9-23(10-8-22)13-16-14-24(15-16)20(25)27-21(2,3)4/h12,16H,5-11,13-15H2,1-4H3. The number of ether oxygens (including phenoxy) is 2. The molecule has 0 atom stereocenters. The van der Waals surface area contributed by atoms with Crippen LogP contribution < -0.4 is 0 Å². The maximum absolute atomic E-state index is 12.1. The van der Waals surface area contributed by atoms with E-state index >= 15 is 0 Å². The fourth-order valence-electron chi connectivity index (χ4n) is 4.68. The largest absolute Gasteiger partial charge is 0.444 e. The number of fused-ring (bicyclic) bond motifs is 2. The molecule has 5 nitrogen and oxygen atoms in total. The maximum Gasteiger partial charge on any atom is 0.410 e. The second-order valence-corrected chi connectivity index (χ2v) is 10.8. The van der Waals surface area contributed by atoms with E-state index in [-0.39, 0.29) is 11.7 Å². The first-order valence-electron chi connectivity index (χ1n) is 10.7. The minimum Gasteiger partial charge on any atom is -0.444 e. The van der Waals surface area contributed by atoms with Gasteiger partial charge in [0.05, 0.1) is 12.2 Å². The summed E-state index contributed by atoms with van der Waals surface area (Å²) in [5.41, 5.74) is 1.03. The molecular weight excluding hydrogens is 372 g/mol. The van der Waals surface area contributed by atoms with Crippen molar-refractivity contribution in [2.24, 2.45) is 5.92 Å². The maximum atomic E-state index is 12.1. The Hall–Kier alpha value is -1.11. The summed E-state index contributed by atoms with van der Waals surface area (Å²) in [7, 11) is 0. The van der Waals surface area contributed by atoms with Crippen LogP contribution in [0.2, 0.25) is 0 Å². The molecule has 0 aliphatic carbocycles. The molecule has 28 heavy (non-hydrogen) atoms. The summed E-state index contributed by atoms with van der Waals surface area (Å²) in [4.78, 5) is 19.5. The number of amides is 1. The molecule has 0 radical (unpaired) electrons. The van der Waals surface area contributed by atoms with E-state index in [9.17, 15) is 4.79 Å². The quantitative estimate of drug-likeness (QED) is 0.760. The molecule has 3 aliphatic rings. The number of aryl methyl sites for hydroxylation is 1. The summed E-state index contributed by atoms with van der Waals surface area (Å²) in [6.07, 6.45) is 4.20. The molecule has 1 aromatic rings. The summed E-state index contributed by atoms with van der Waals surface area (Å²) in [5.74, 6) is 0.567. The van der Waals surface area contributed by atoms with Gasteiger partial charge >= 0.3 is 6.09 Å². The first kappa shape index (κ1) is 20.2. The Kier molecular flexibility index (Phi) is 5.49. The fourth-order valence-corrected chi connectivity index (χ4v) is 5.86. The number of thiophene rings is 1. The molecule has 0 N–H and O–H groups in total. The molecule has 4 rings (SSSR count). The van der Waals surface area contributed by atoms with Crippen LogP contribution in [0.4, 0.5) is 4.79 Å². The van der Waals surface area contributed by atoms with E-state index in [2.05, 4.69) is 17.9 Å². The van der Waals surface area contributed by atoms with Gasteiger partial charge in [0.1, 0.15) is 5.60 Å². The summed E-state index contributed by atoms with van der Waals surface area (Å²) in [6, 6.07) is 2.42. The van der Waals surface area contributed by atoms with Crippen molar-refractivity contribution in [3.63, 3.8) is 0 Å². The lowest BCUT2D eigenvalue weighted by Crippen LogP contribution is -2.56. The Morgan fingerprint density at radius 3 is 2.68 bits per heavy atom. The number of nitrogens with zero attached hydrogens (tertiary/aromatic N) is 2. The van der Waals surface area contributed by atoms with Crippen LogP contribution in [-0.4, -0.2) is 60.8 Å². The number of likely N-dealkylation sites (tertiary alicyclic amines) is 2. The number of piperidine rings is 1. The van der Waals surface area contributed by atoms with E-state index in [0.29, 0.717) is 5.92 Å². The molecule has 2 fully saturated rings. The van der Waals surface area contributed by atoms with Crippen molar-refractivity contribution in [1.82, 2.24) is 9.80 Å². The Balaban J connectivity index is 1.27. The number of hydrogen-bond acceptors (Lipinski definition) is 5. The van der Waals surface area contributed by atoms with Crippen LogP contribution >= 0.6 is 11.3 Å². The van der Waals surface area contributed by atoms with Gasteiger partial charge in [-0.1, -0.05) is 6.92 Å². The number of hydrogen-bond donors (Lipinski definition) is 0. The third kappa shape index (κ3) is 4.10. The van der Waals surface area contributed by atoms with Crippen molar-refractivity contribution in [3.8, 4) is 0 Å². The third-order valence-electron chi connectivity index (χ3n) is 6.20. The fraction of sp³-hybridized carbons (Fsp3) is 0.773. The summed E-state index contributed by atoms with van der Waals surface area (Å²) in [6.45, 7) is 13.7. The van der Waals surface area contributed by atoms with Gasteiger partial charge in [0, 0.05) is 54.8 Å². The van der Waals surface area contributed by atoms with E-state index in [4.69, 9.17) is 9.47 Å². The first-order valence-corrected chi connectivity index (χ1v) is 11.6. The molecule has 4 heterocycles. The van der Waals surface area contributed by atoms with Crippen molar-refractivity contribution < 1.29 is 14.3 Å². The van der Waals surface area contributed by atoms with Crippen LogP contribution in [0.25, 0.3) is 0 Å². The molecule has 2 saturated heterocycles. The van der Waals surface area contributed by atoms with Crippen LogP contribution in [-0.2, 0) is 27.9 Å². The smallest absolute Gasteiger partial charge is 0.410 e. The van der Waals surface area contributed by atoms with Crippen molar-refractivity contribution >= 4 is 17.4 Å². The van der Waals surface area contributed by atoms with E-state index in [1.807, 2.05) is 37.0 Å². The van der Waals surface area contributed by atoms with E-state index < -0.39 is 5.60 Å². The number of carbonyl (C=O) groups excluding carboxylic acids is 1. The molecule has 0 unspecified atom stereocenters. The number of rotatable bonds is 3. The minimum absolute atomic E-state index is 0.0455. The highest BCUT2D eigenvalue weighted by Gasteiger charge is 2.43. The predicted octanol–water partition coefficient (Wildman–Crippen LogP) is 4.04. The first-order chi connectivity index (χ1) is 13.3. The van der Waals surface area contributed by atoms with Gasteiger partial charge in [-0.2, -0.15) is 0 Å². The average molecular weight is 407 g/mol. The minimum atomic E-state index is -0.415. The van der Waals surface area contributed by atoms with E-state index in [0.717, 1.165) is 65.0 Å². The zero-order valence-corrected chi connectivity index (χ0v) is 18.6. The van der Waals surface area contributed by atoms with Gasteiger partial charge < -0.3 is 19.3 Å². The van der Waals surface area contributed by atoms with Gasteiger partial charge in [0.2, 0.25) is 0 Å². The van der Waals surface area contributed by atoms with E-state index in [1.54, 1.807) is 4.88 Å². The zero-order valence-electron chi connectivity index (χ0n) is 17.8. The van der Waals surface area contributed by atoms with Gasteiger partial charge in [-0.25, -0.2) is 4.79 Å². The topological polar surface area (TPSA) is 42.0 Å². The van der Waals surface area contributed by atoms with Crippen LogP contribution in [0.5, 0.6) is 0 Å². The lowest BCUT2D eigenvalue weighted by Gasteiger charge is -2.47. The monoisotopic (exact) mass is 406 g/mol. The van der Waals surface area contributed by atoms with Gasteiger partial charge in [-0.3, -0.25) is 0 Å². The van der Waals surface area contributed by atoms with Crippen LogP contribution in [0.1, 0.15) is 55.9 Å². The number of carbonyl (C=O) groups is 1. The molecule has 1 spiro atoms. The second-order valence-electron chi connectivity index (χ2n) is 9.55. The van der Waals surface area contributed by atoms with E-state index in [1.165, 1.54) is 10.4 Å². The summed E-state index contributed by atoms with van der Waals surface area (Å²) < 4.78 is 11.8. The molecule has 3 aliphatic heterocycles. The molecule has 1 amide bonds. The molecule has 1 aromatic heterocycles. The van der Waals surface area contributed by atoms with Gasteiger partial charge in [0.25, 0.3) is 0 Å². The highest BCUT2D eigenvalue weighted by atomic mass is 32.1. The van der Waals surface area contributed by atoms with Crippen LogP contribution in [0, 0.1) is 5.92 Å². The zero-order chi connectivity index (χ0) is 19.9. The molecular formula is C22H34N2O3S. The molecule has 0 saturated carbocycles. The van der Waals surface area contributed by atoms with Crippen LogP contribution in [0.3, 0.4) is 0 Å². The Morgan fingerprint density at radius 2 is 2.04 bits per heavy atom. The SMILES string of the molecule is CCc1cc2c(s1)CCOC21CCN(CC2CN(C(=O)OC(C)(C)C)C2)CC1. The molecule has 0 aromatic carbocycles. The van der Waals surface area contributed by atoms with Crippen molar-refractivity contribution in [1.29, 1.82) is 0 Å². The summed E-state index contributed by atoms with van der Waals surface area (Å²) >= 11 is 1.99. The highest BCUT2D eigenvalue weighted by Crippen LogP contribution is 2.44. The lowest BCUT2D eigenvalue weighted by atomic mass is 9.82. The molecule has 156 valence electrons. The lowest BCUT2D eigenvalue weighted by molar-refractivity contribution is -0.100. The molecule has 6 heteroatoms. The summed E-state index contributed by atoms with van der Waals surface area (Å²) in [5, 5.41) is 0. The van der Waals surface area contributed by atoms with Crippen molar-refractivity contribution in [2.75, 3.05) is 39.3 Å². The predicted molar refractivity (Wildman–Crippen MR) is 112 cm³/mol. The third-order valence-corrected chi connectivity index (χ3v) is 7.53. The Morgan fingerprint density at radius 1 is 1.32 bits per heavy atom. The Bertz CT molecular complexity index is 710. The van der Waals surface area contributed by atoms with Crippen molar-refractivity contribution in [3.05, 3.63) is 21.4 Å². The van der Waals surface area contributed by atoms with Crippen LogP contribution in [0.15, 0.2) is 6.07 Å². The normalized spacial score (nSPS) is 22.8.